The van der Waals surface area contributed by atoms with E-state index in [-0.39, 0.29) is 11.0 Å². The summed E-state index contributed by atoms with van der Waals surface area (Å²) in [6.45, 7) is 1.59. The number of rotatable bonds is 4. The van der Waals surface area contributed by atoms with Crippen molar-refractivity contribution in [2.24, 2.45) is 0 Å². The van der Waals surface area contributed by atoms with Gasteiger partial charge in [0.1, 0.15) is 11.3 Å². The highest BCUT2D eigenvalue weighted by atomic mass is 32.2. The molecule has 0 aliphatic heterocycles. The largest absolute Gasteiger partial charge is 0.431 e. The summed E-state index contributed by atoms with van der Waals surface area (Å²) in [5.74, 6) is 0.0865. The van der Waals surface area contributed by atoms with Gasteiger partial charge in [0.05, 0.1) is 5.25 Å². The first-order valence-electron chi connectivity index (χ1n) is 6.31. The van der Waals surface area contributed by atoms with Gasteiger partial charge in [-0.2, -0.15) is 0 Å². The van der Waals surface area contributed by atoms with E-state index in [4.69, 9.17) is 4.42 Å². The van der Waals surface area contributed by atoms with Gasteiger partial charge in [-0.15, -0.1) is 0 Å². The topological polar surface area (TPSA) is 43.1 Å². The lowest BCUT2D eigenvalue weighted by atomic mass is 10.1. The Hall–Kier alpha value is -2.07. The number of carbonyl (C=O) groups is 1. The van der Waals surface area contributed by atoms with Crippen molar-refractivity contribution in [3.05, 3.63) is 60.2 Å². The molecule has 0 aliphatic rings. The molecule has 0 fully saturated rings. The van der Waals surface area contributed by atoms with E-state index in [0.717, 1.165) is 16.7 Å². The maximum atomic E-state index is 11.9. The maximum absolute atomic E-state index is 11.9. The van der Waals surface area contributed by atoms with Crippen LogP contribution in [0.5, 0.6) is 0 Å². The lowest BCUT2D eigenvalue weighted by molar-refractivity contribution is -0.116. The van der Waals surface area contributed by atoms with Crippen LogP contribution in [-0.2, 0) is 4.79 Å². The third-order valence-corrected chi connectivity index (χ3v) is 4.18. The van der Waals surface area contributed by atoms with Crippen LogP contribution in [0.25, 0.3) is 11.1 Å². The number of para-hydroxylation sites is 2. The molecular weight excluding hydrogens is 270 g/mol. The van der Waals surface area contributed by atoms with E-state index in [0.29, 0.717) is 5.22 Å². The van der Waals surface area contributed by atoms with Crippen LogP contribution in [0.2, 0.25) is 0 Å². The van der Waals surface area contributed by atoms with Crippen LogP contribution >= 0.6 is 11.8 Å². The van der Waals surface area contributed by atoms with Crippen molar-refractivity contribution in [1.29, 1.82) is 0 Å². The van der Waals surface area contributed by atoms with Crippen LogP contribution in [0, 0.1) is 0 Å². The van der Waals surface area contributed by atoms with Crippen molar-refractivity contribution in [1.82, 2.24) is 4.98 Å². The van der Waals surface area contributed by atoms with Gasteiger partial charge in [-0.3, -0.25) is 4.79 Å². The lowest BCUT2D eigenvalue weighted by Crippen LogP contribution is -2.04. The molecule has 0 unspecified atom stereocenters. The average Bonchev–Trinajstić information content (AvgIpc) is 2.88. The van der Waals surface area contributed by atoms with E-state index in [1.807, 2.05) is 54.6 Å². The highest BCUT2D eigenvalue weighted by Gasteiger charge is 2.21. The summed E-state index contributed by atoms with van der Waals surface area (Å²) in [4.78, 5) is 16.3. The molecule has 100 valence electrons. The van der Waals surface area contributed by atoms with E-state index >= 15 is 0 Å². The van der Waals surface area contributed by atoms with E-state index < -0.39 is 0 Å². The van der Waals surface area contributed by atoms with Crippen LogP contribution in [0.1, 0.15) is 17.7 Å². The first-order chi connectivity index (χ1) is 9.74. The number of oxazole rings is 1. The molecule has 0 N–H and O–H groups in total. The summed E-state index contributed by atoms with van der Waals surface area (Å²) in [6, 6.07) is 17.3. The minimum absolute atomic E-state index is 0.0865. The Morgan fingerprint density at radius 1 is 1.10 bits per heavy atom. The predicted octanol–water partition coefficient (Wildman–Crippen LogP) is 4.25. The summed E-state index contributed by atoms with van der Waals surface area (Å²) in [5, 5.41) is 0.236. The highest BCUT2D eigenvalue weighted by molar-refractivity contribution is 8.00. The second-order valence-electron chi connectivity index (χ2n) is 4.47. The van der Waals surface area contributed by atoms with Gasteiger partial charge in [0.25, 0.3) is 5.22 Å². The summed E-state index contributed by atoms with van der Waals surface area (Å²) >= 11 is 1.35. The fourth-order valence-corrected chi connectivity index (χ4v) is 2.97. The molecule has 0 saturated carbocycles. The summed E-state index contributed by atoms with van der Waals surface area (Å²) < 4.78 is 5.67. The van der Waals surface area contributed by atoms with Gasteiger partial charge in [0, 0.05) is 0 Å². The van der Waals surface area contributed by atoms with E-state index in [1.54, 1.807) is 6.92 Å². The van der Waals surface area contributed by atoms with Gasteiger partial charge in [-0.05, 0) is 24.6 Å². The smallest absolute Gasteiger partial charge is 0.257 e. The molecule has 0 amide bonds. The monoisotopic (exact) mass is 283 g/mol. The van der Waals surface area contributed by atoms with E-state index in [1.165, 1.54) is 11.8 Å². The number of Topliss-reactive ketones (excluding diaryl/α,β-unsaturated/α-hetero) is 1. The first kappa shape index (κ1) is 12.9. The lowest BCUT2D eigenvalue weighted by Gasteiger charge is -2.10. The molecule has 0 spiro atoms. The Bertz CT molecular complexity index is 703. The minimum atomic E-state index is -0.288. The number of nitrogens with zero attached hydrogens (tertiary/aromatic N) is 1. The average molecular weight is 283 g/mol. The van der Waals surface area contributed by atoms with E-state index in [2.05, 4.69) is 4.98 Å². The van der Waals surface area contributed by atoms with Crippen molar-refractivity contribution in [3.8, 4) is 0 Å². The number of thioether (sulfide) groups is 1. The third kappa shape index (κ3) is 2.60. The first-order valence-corrected chi connectivity index (χ1v) is 7.19. The SMILES string of the molecule is CC(=O)[C@H](Sc1nc2ccccc2o1)c1ccccc1. The standard InChI is InChI=1S/C16H13NO2S/c1-11(18)15(12-7-3-2-4-8-12)20-16-17-13-9-5-6-10-14(13)19-16/h2-10,15H,1H3/t15-/m0/s1. The number of fused-ring (bicyclic) bond motifs is 1. The summed E-state index contributed by atoms with van der Waals surface area (Å²) in [6.07, 6.45) is 0. The highest BCUT2D eigenvalue weighted by Crippen LogP contribution is 2.36. The minimum Gasteiger partial charge on any atom is -0.431 e. The molecule has 1 heterocycles. The number of carbonyl (C=O) groups excluding carboxylic acids is 1. The van der Waals surface area contributed by atoms with Crippen molar-refractivity contribution >= 4 is 28.6 Å². The van der Waals surface area contributed by atoms with Crippen molar-refractivity contribution in [2.45, 2.75) is 17.4 Å². The van der Waals surface area contributed by atoms with Crippen molar-refractivity contribution < 1.29 is 9.21 Å². The fourth-order valence-electron chi connectivity index (χ4n) is 2.02. The number of benzene rings is 2. The van der Waals surface area contributed by atoms with Crippen molar-refractivity contribution in [2.75, 3.05) is 0 Å². The normalized spacial score (nSPS) is 12.4. The second kappa shape index (κ2) is 5.51. The van der Waals surface area contributed by atoms with Gasteiger partial charge >= 0.3 is 0 Å². The molecule has 4 heteroatoms. The molecule has 20 heavy (non-hydrogen) atoms. The summed E-state index contributed by atoms with van der Waals surface area (Å²) in [5.41, 5.74) is 2.52. The Morgan fingerprint density at radius 2 is 1.80 bits per heavy atom. The number of ketones is 1. The number of hydrogen-bond donors (Lipinski definition) is 0. The molecule has 0 aliphatic carbocycles. The molecule has 1 atom stereocenters. The zero-order valence-electron chi connectivity index (χ0n) is 10.9. The quantitative estimate of drug-likeness (QED) is 0.671. The predicted molar refractivity (Wildman–Crippen MR) is 79.7 cm³/mol. The van der Waals surface area contributed by atoms with Crippen LogP contribution in [-0.4, -0.2) is 10.8 Å². The zero-order chi connectivity index (χ0) is 13.9. The number of hydrogen-bond acceptors (Lipinski definition) is 4. The second-order valence-corrected chi connectivity index (χ2v) is 5.52. The van der Waals surface area contributed by atoms with Gasteiger partial charge < -0.3 is 4.42 Å². The van der Waals surface area contributed by atoms with Gasteiger partial charge in [-0.25, -0.2) is 4.98 Å². The molecule has 0 saturated heterocycles. The molecule has 0 bridgehead atoms. The van der Waals surface area contributed by atoms with Crippen LogP contribution < -0.4 is 0 Å². The van der Waals surface area contributed by atoms with Gasteiger partial charge in [-0.1, -0.05) is 54.2 Å². The molecule has 2 aromatic carbocycles. The Balaban J connectivity index is 1.92. The molecule has 3 aromatic rings. The van der Waals surface area contributed by atoms with Crippen LogP contribution in [0.15, 0.2) is 64.2 Å². The van der Waals surface area contributed by atoms with Crippen LogP contribution in [0.3, 0.4) is 0 Å². The molecule has 3 rings (SSSR count). The molecule has 0 radical (unpaired) electrons. The fraction of sp³-hybridized carbons (Fsp3) is 0.125. The zero-order valence-corrected chi connectivity index (χ0v) is 11.8. The van der Waals surface area contributed by atoms with Gasteiger partial charge in [0.15, 0.2) is 5.58 Å². The maximum Gasteiger partial charge on any atom is 0.257 e. The molecular formula is C16H13NO2S. The van der Waals surface area contributed by atoms with Crippen LogP contribution in [0.4, 0.5) is 0 Å². The molecule has 3 nitrogen and oxygen atoms in total. The van der Waals surface area contributed by atoms with Gasteiger partial charge in [0.2, 0.25) is 0 Å². The number of aromatic nitrogens is 1. The van der Waals surface area contributed by atoms with Crippen molar-refractivity contribution in [3.63, 3.8) is 0 Å². The Labute approximate surface area is 121 Å². The summed E-state index contributed by atoms with van der Waals surface area (Å²) in [7, 11) is 0. The Kier molecular flexibility index (Phi) is 3.56. The molecule has 1 aromatic heterocycles. The Morgan fingerprint density at radius 3 is 2.50 bits per heavy atom. The third-order valence-electron chi connectivity index (χ3n) is 2.96. The van der Waals surface area contributed by atoms with E-state index in [9.17, 15) is 4.79 Å².